The number of nitrogens with one attached hydrogen (secondary N) is 1. The molecule has 23 heavy (non-hydrogen) atoms. The van der Waals surface area contributed by atoms with Gasteiger partial charge in [0.15, 0.2) is 0 Å². The van der Waals surface area contributed by atoms with Gasteiger partial charge in [0.2, 0.25) is 0 Å². The number of aliphatic carboxylic acids is 1. The summed E-state index contributed by atoms with van der Waals surface area (Å²) in [4.78, 5) is 26.1. The number of nitrogens with zero attached hydrogens (tertiary/aromatic N) is 2. The van der Waals surface area contributed by atoms with Crippen LogP contribution in [-0.4, -0.2) is 59.6 Å². The predicted molar refractivity (Wildman–Crippen MR) is 86.6 cm³/mol. The van der Waals surface area contributed by atoms with Gasteiger partial charge in [0.05, 0.1) is 10.9 Å². The molecule has 6 nitrogen and oxygen atoms in total. The number of carbonyl (C=O) groups is 2. The molecule has 126 valence electrons. The van der Waals surface area contributed by atoms with Gasteiger partial charge in [-0.25, -0.2) is 9.18 Å². The monoisotopic (exact) mass is 387 g/mol. The molecule has 8 heteroatoms. The molecule has 1 saturated heterocycles. The molecular formula is C15H19BrFN3O3. The smallest absolute Gasteiger partial charge is 0.317 e. The Bertz CT molecular complexity index is 577. The van der Waals surface area contributed by atoms with Crippen LogP contribution in [0.2, 0.25) is 0 Å². The van der Waals surface area contributed by atoms with E-state index in [2.05, 4.69) is 26.1 Å². The molecule has 0 aromatic heterocycles. The van der Waals surface area contributed by atoms with Crippen LogP contribution >= 0.6 is 15.9 Å². The number of hydrogen-bond acceptors (Lipinski definition) is 3. The molecule has 1 aromatic carbocycles. The summed E-state index contributed by atoms with van der Waals surface area (Å²) in [7, 11) is 0. The van der Waals surface area contributed by atoms with Crippen LogP contribution in [0.25, 0.3) is 0 Å². The van der Waals surface area contributed by atoms with E-state index in [9.17, 15) is 14.0 Å². The Balaban J connectivity index is 1.76. The van der Waals surface area contributed by atoms with Crippen LogP contribution in [0.5, 0.6) is 0 Å². The molecule has 0 unspecified atom stereocenters. The van der Waals surface area contributed by atoms with E-state index in [1.807, 2.05) is 6.07 Å². The van der Waals surface area contributed by atoms with E-state index in [1.54, 1.807) is 11.0 Å². The molecule has 1 aliphatic rings. The Hall–Kier alpha value is -1.67. The van der Waals surface area contributed by atoms with Crippen LogP contribution in [-0.2, 0) is 11.3 Å². The number of hydrogen-bond donors (Lipinski definition) is 2. The zero-order chi connectivity index (χ0) is 16.8. The zero-order valence-corrected chi connectivity index (χ0v) is 14.2. The lowest BCUT2D eigenvalue weighted by atomic mass is 10.2. The van der Waals surface area contributed by atoms with Gasteiger partial charge in [-0.15, -0.1) is 0 Å². The molecule has 0 radical (unpaired) electrons. The molecule has 0 atom stereocenters. The maximum absolute atomic E-state index is 13.5. The molecule has 1 heterocycles. The first-order valence-electron chi connectivity index (χ1n) is 7.36. The summed E-state index contributed by atoms with van der Waals surface area (Å²) >= 11 is 3.13. The Labute approximate surface area is 142 Å². The van der Waals surface area contributed by atoms with Gasteiger partial charge in [-0.3, -0.25) is 9.69 Å². The van der Waals surface area contributed by atoms with E-state index < -0.39 is 5.97 Å². The molecule has 0 spiro atoms. The maximum Gasteiger partial charge on any atom is 0.317 e. The lowest BCUT2D eigenvalue weighted by Gasteiger charge is -2.34. The normalized spacial score (nSPS) is 15.5. The lowest BCUT2D eigenvalue weighted by Crippen LogP contribution is -2.51. The highest BCUT2D eigenvalue weighted by Gasteiger charge is 2.21. The number of rotatable bonds is 5. The van der Waals surface area contributed by atoms with Crippen molar-refractivity contribution in [2.45, 2.75) is 13.0 Å². The highest BCUT2D eigenvalue weighted by Crippen LogP contribution is 2.18. The Morgan fingerprint density at radius 1 is 1.26 bits per heavy atom. The third-order valence-electron chi connectivity index (χ3n) is 3.66. The van der Waals surface area contributed by atoms with Gasteiger partial charge in [0.1, 0.15) is 5.82 Å². The number of urea groups is 1. The summed E-state index contributed by atoms with van der Waals surface area (Å²) < 4.78 is 14.0. The topological polar surface area (TPSA) is 72.9 Å². The van der Waals surface area contributed by atoms with Crippen molar-refractivity contribution in [2.24, 2.45) is 0 Å². The average molecular weight is 388 g/mol. The maximum atomic E-state index is 13.5. The molecule has 0 bridgehead atoms. The molecule has 1 aliphatic heterocycles. The van der Waals surface area contributed by atoms with Crippen LogP contribution in [0.3, 0.4) is 0 Å². The van der Waals surface area contributed by atoms with Gasteiger partial charge >= 0.3 is 12.0 Å². The van der Waals surface area contributed by atoms with E-state index in [0.717, 1.165) is 5.56 Å². The first-order chi connectivity index (χ1) is 11.0. The lowest BCUT2D eigenvalue weighted by molar-refractivity contribution is -0.136. The summed E-state index contributed by atoms with van der Waals surface area (Å²) in [5, 5.41) is 11.1. The number of carbonyl (C=O) groups excluding carboxylic acids is 1. The van der Waals surface area contributed by atoms with Gasteiger partial charge in [-0.1, -0.05) is 6.07 Å². The van der Waals surface area contributed by atoms with Gasteiger partial charge in [0.25, 0.3) is 0 Å². The fourth-order valence-corrected chi connectivity index (χ4v) is 2.64. The summed E-state index contributed by atoms with van der Waals surface area (Å²) in [5.41, 5.74) is 0.894. The van der Waals surface area contributed by atoms with Gasteiger partial charge in [-0.2, -0.15) is 0 Å². The molecule has 1 aromatic rings. The van der Waals surface area contributed by atoms with Crippen molar-refractivity contribution in [1.82, 2.24) is 15.1 Å². The SMILES string of the molecule is O=C(O)CCNC(=O)N1CCN(Cc2ccc(Br)c(F)c2)CC1. The van der Waals surface area contributed by atoms with Crippen molar-refractivity contribution in [2.75, 3.05) is 32.7 Å². The molecule has 0 aliphatic carbocycles. The molecule has 2 rings (SSSR count). The van der Waals surface area contributed by atoms with Crippen LogP contribution < -0.4 is 5.32 Å². The molecule has 2 amide bonds. The van der Waals surface area contributed by atoms with Crippen molar-refractivity contribution in [3.8, 4) is 0 Å². The molecule has 0 saturated carbocycles. The first kappa shape index (κ1) is 17.7. The molecule has 1 fully saturated rings. The van der Waals surface area contributed by atoms with Crippen molar-refractivity contribution in [1.29, 1.82) is 0 Å². The van der Waals surface area contributed by atoms with Crippen LogP contribution in [0, 0.1) is 5.82 Å². The summed E-state index contributed by atoms with van der Waals surface area (Å²) in [6, 6.07) is 4.84. The summed E-state index contributed by atoms with van der Waals surface area (Å²) in [5.74, 6) is -1.21. The third kappa shape index (κ3) is 5.47. The Morgan fingerprint density at radius 2 is 1.96 bits per heavy atom. The quantitative estimate of drug-likeness (QED) is 0.808. The second-order valence-corrected chi connectivity index (χ2v) is 6.24. The largest absolute Gasteiger partial charge is 0.481 e. The van der Waals surface area contributed by atoms with Crippen molar-refractivity contribution in [3.05, 3.63) is 34.1 Å². The number of amides is 2. The van der Waals surface area contributed by atoms with E-state index in [0.29, 0.717) is 37.2 Å². The summed E-state index contributed by atoms with van der Waals surface area (Å²) in [6.07, 6.45) is -0.0825. The third-order valence-corrected chi connectivity index (χ3v) is 4.31. The van der Waals surface area contributed by atoms with E-state index >= 15 is 0 Å². The van der Waals surface area contributed by atoms with Crippen LogP contribution in [0.15, 0.2) is 22.7 Å². The number of piperazine rings is 1. The standard InChI is InChI=1S/C15H19BrFN3O3/c16-12-2-1-11(9-13(12)17)10-19-5-7-20(8-6-19)15(23)18-4-3-14(21)22/h1-2,9H,3-8,10H2,(H,18,23)(H,21,22). The number of carboxylic acids is 1. The fourth-order valence-electron chi connectivity index (χ4n) is 2.39. The van der Waals surface area contributed by atoms with Crippen molar-refractivity contribution < 1.29 is 19.1 Å². The summed E-state index contributed by atoms with van der Waals surface area (Å²) in [6.45, 7) is 3.30. The highest BCUT2D eigenvalue weighted by molar-refractivity contribution is 9.10. The zero-order valence-electron chi connectivity index (χ0n) is 12.6. The molecular weight excluding hydrogens is 369 g/mol. The Kier molecular flexibility index (Phi) is 6.35. The Morgan fingerprint density at radius 3 is 2.57 bits per heavy atom. The van der Waals surface area contributed by atoms with E-state index in [-0.39, 0.29) is 24.8 Å². The number of benzene rings is 1. The fraction of sp³-hybridized carbons (Fsp3) is 0.467. The second kappa shape index (κ2) is 8.26. The molecule has 2 N–H and O–H groups in total. The average Bonchev–Trinajstić information content (AvgIpc) is 2.51. The number of carboxylic acid groups (broad SMARTS) is 1. The van der Waals surface area contributed by atoms with Gasteiger partial charge in [-0.05, 0) is 33.6 Å². The first-order valence-corrected chi connectivity index (χ1v) is 8.16. The second-order valence-electron chi connectivity index (χ2n) is 5.39. The van der Waals surface area contributed by atoms with E-state index in [4.69, 9.17) is 5.11 Å². The highest BCUT2D eigenvalue weighted by atomic mass is 79.9. The van der Waals surface area contributed by atoms with Crippen molar-refractivity contribution in [3.63, 3.8) is 0 Å². The minimum atomic E-state index is -0.933. The van der Waals surface area contributed by atoms with Gasteiger partial charge in [0, 0.05) is 39.3 Å². The number of halogens is 2. The van der Waals surface area contributed by atoms with Crippen LogP contribution in [0.4, 0.5) is 9.18 Å². The minimum absolute atomic E-state index is 0.0825. The predicted octanol–water partition coefficient (Wildman–Crippen LogP) is 1.89. The van der Waals surface area contributed by atoms with Gasteiger partial charge < -0.3 is 15.3 Å². The van der Waals surface area contributed by atoms with Crippen LogP contribution in [0.1, 0.15) is 12.0 Å². The van der Waals surface area contributed by atoms with Crippen molar-refractivity contribution >= 4 is 27.9 Å². The minimum Gasteiger partial charge on any atom is -0.481 e. The van der Waals surface area contributed by atoms with E-state index in [1.165, 1.54) is 6.07 Å².